The number of rotatable bonds is 5. The number of hydroxylamine groups is 2. The summed E-state index contributed by atoms with van der Waals surface area (Å²) in [4.78, 5) is 0. The first-order chi connectivity index (χ1) is 7.79. The van der Waals surface area contributed by atoms with Gasteiger partial charge in [0.05, 0.1) is 6.10 Å². The van der Waals surface area contributed by atoms with Gasteiger partial charge in [-0.15, -0.1) is 10.3 Å². The number of halogens is 1. The maximum atomic E-state index is 12.1. The zero-order chi connectivity index (χ0) is 13.1. The van der Waals surface area contributed by atoms with E-state index in [0.29, 0.717) is 0 Å². The van der Waals surface area contributed by atoms with Crippen LogP contribution in [0, 0.1) is 0 Å². The third kappa shape index (κ3) is 4.19. The van der Waals surface area contributed by atoms with Crippen LogP contribution in [0.15, 0.2) is 0 Å². The number of hydrogen-bond acceptors (Lipinski definition) is 2. The molecule has 0 saturated carbocycles. The molecule has 4 heteroatoms. The van der Waals surface area contributed by atoms with Crippen LogP contribution in [0.25, 0.3) is 0 Å². The molecular formula is C13H25BrNO2. The fraction of sp³-hybridized carbons (Fsp3) is 1.00. The van der Waals surface area contributed by atoms with Gasteiger partial charge in [-0.3, -0.25) is 0 Å². The number of ether oxygens (including phenoxy) is 1. The highest BCUT2D eigenvalue weighted by atomic mass is 79.9. The molecule has 1 heterocycles. The number of piperidine rings is 1. The second-order valence-corrected chi connectivity index (χ2v) is 7.01. The van der Waals surface area contributed by atoms with Crippen LogP contribution in [-0.2, 0) is 9.94 Å². The van der Waals surface area contributed by atoms with Crippen molar-refractivity contribution in [2.24, 2.45) is 0 Å². The molecule has 1 aliphatic heterocycles. The van der Waals surface area contributed by atoms with E-state index < -0.39 is 0 Å². The molecule has 0 atom stereocenters. The van der Waals surface area contributed by atoms with Crippen molar-refractivity contribution in [3.63, 3.8) is 0 Å². The van der Waals surface area contributed by atoms with Gasteiger partial charge >= 0.3 is 0 Å². The van der Waals surface area contributed by atoms with Crippen molar-refractivity contribution in [3.8, 4) is 0 Å². The van der Waals surface area contributed by atoms with Crippen molar-refractivity contribution in [2.75, 3.05) is 11.9 Å². The molecule has 0 spiro atoms. The SMILES string of the molecule is CC1(C)CC(OCCCCBr)CC(C)(C)N1[O]. The summed E-state index contributed by atoms with van der Waals surface area (Å²) in [7, 11) is 0. The van der Waals surface area contributed by atoms with Crippen LogP contribution >= 0.6 is 15.9 Å². The number of nitrogens with zero attached hydrogens (tertiary/aromatic N) is 1. The summed E-state index contributed by atoms with van der Waals surface area (Å²) in [5.74, 6) is 0. The fourth-order valence-corrected chi connectivity index (χ4v) is 3.13. The van der Waals surface area contributed by atoms with Gasteiger partial charge in [0.25, 0.3) is 0 Å². The fourth-order valence-electron chi connectivity index (χ4n) is 2.74. The summed E-state index contributed by atoms with van der Waals surface area (Å²) in [5.41, 5.74) is -0.635. The Morgan fingerprint density at radius 2 is 1.71 bits per heavy atom. The maximum Gasteiger partial charge on any atom is 0.0611 e. The molecule has 101 valence electrons. The van der Waals surface area contributed by atoms with E-state index in [0.717, 1.165) is 37.6 Å². The first kappa shape index (κ1) is 15.4. The Labute approximate surface area is 114 Å². The predicted octanol–water partition coefficient (Wildman–Crippen LogP) is 3.55. The lowest BCUT2D eigenvalue weighted by molar-refractivity contribution is -0.301. The zero-order valence-corrected chi connectivity index (χ0v) is 13.0. The molecule has 0 aromatic carbocycles. The average Bonchev–Trinajstić information content (AvgIpc) is 2.20. The number of unbranched alkanes of at least 4 members (excludes halogenated alkanes) is 1. The van der Waals surface area contributed by atoms with E-state index in [1.807, 2.05) is 27.7 Å². The Balaban J connectivity index is 2.48. The second-order valence-electron chi connectivity index (χ2n) is 6.22. The van der Waals surface area contributed by atoms with E-state index in [1.165, 1.54) is 5.06 Å². The van der Waals surface area contributed by atoms with Crippen LogP contribution in [0.2, 0.25) is 0 Å². The second kappa shape index (κ2) is 6.00. The van der Waals surface area contributed by atoms with Gasteiger partial charge in [0, 0.05) is 23.0 Å². The van der Waals surface area contributed by atoms with Gasteiger partial charge in [0.1, 0.15) is 0 Å². The molecule has 1 radical (unpaired) electrons. The van der Waals surface area contributed by atoms with Crippen molar-refractivity contribution in [2.45, 2.75) is 70.6 Å². The normalized spacial score (nSPS) is 25.1. The van der Waals surface area contributed by atoms with E-state index in [2.05, 4.69) is 15.9 Å². The number of hydrogen-bond donors (Lipinski definition) is 0. The molecular weight excluding hydrogens is 282 g/mol. The first-order valence-corrected chi connectivity index (χ1v) is 7.57. The minimum absolute atomic E-state index is 0.223. The minimum Gasteiger partial charge on any atom is -0.378 e. The average molecular weight is 307 g/mol. The molecule has 0 aliphatic carbocycles. The van der Waals surface area contributed by atoms with Gasteiger partial charge in [0.15, 0.2) is 0 Å². The van der Waals surface area contributed by atoms with Crippen molar-refractivity contribution in [3.05, 3.63) is 0 Å². The summed E-state index contributed by atoms with van der Waals surface area (Å²) in [6.07, 6.45) is 4.11. The van der Waals surface area contributed by atoms with E-state index in [9.17, 15) is 5.21 Å². The molecule has 0 aromatic heterocycles. The minimum atomic E-state index is -0.318. The van der Waals surface area contributed by atoms with Crippen LogP contribution in [0.3, 0.4) is 0 Å². The molecule has 0 N–H and O–H groups in total. The Bertz CT molecular complexity index is 226. The summed E-state index contributed by atoms with van der Waals surface area (Å²) in [5, 5.41) is 14.4. The Morgan fingerprint density at radius 1 is 1.18 bits per heavy atom. The van der Waals surface area contributed by atoms with Gasteiger partial charge in [0.2, 0.25) is 0 Å². The van der Waals surface area contributed by atoms with Gasteiger partial charge in [-0.25, -0.2) is 0 Å². The van der Waals surface area contributed by atoms with E-state index >= 15 is 0 Å². The van der Waals surface area contributed by atoms with Crippen LogP contribution in [-0.4, -0.2) is 34.2 Å². The third-order valence-corrected chi connectivity index (χ3v) is 4.00. The highest BCUT2D eigenvalue weighted by molar-refractivity contribution is 9.09. The molecule has 1 fully saturated rings. The quantitative estimate of drug-likeness (QED) is 0.575. The molecule has 1 aliphatic rings. The monoisotopic (exact) mass is 306 g/mol. The Morgan fingerprint density at radius 3 is 2.18 bits per heavy atom. The highest BCUT2D eigenvalue weighted by Gasteiger charge is 2.46. The predicted molar refractivity (Wildman–Crippen MR) is 72.7 cm³/mol. The van der Waals surface area contributed by atoms with Crippen molar-refractivity contribution >= 4 is 15.9 Å². The standard InChI is InChI=1S/C13H25BrNO2/c1-12(2)9-11(17-8-6-5-7-14)10-13(3,4)15(12)16/h11H,5-10H2,1-4H3. The van der Waals surface area contributed by atoms with Crippen LogP contribution in [0.5, 0.6) is 0 Å². The van der Waals surface area contributed by atoms with E-state index in [1.54, 1.807) is 0 Å². The van der Waals surface area contributed by atoms with Crippen molar-refractivity contribution in [1.29, 1.82) is 0 Å². The largest absolute Gasteiger partial charge is 0.378 e. The van der Waals surface area contributed by atoms with Gasteiger partial charge < -0.3 is 4.74 Å². The lowest BCUT2D eigenvalue weighted by atomic mass is 9.80. The molecule has 0 unspecified atom stereocenters. The molecule has 3 nitrogen and oxygen atoms in total. The molecule has 1 rings (SSSR count). The van der Waals surface area contributed by atoms with E-state index in [4.69, 9.17) is 4.74 Å². The zero-order valence-electron chi connectivity index (χ0n) is 11.5. The number of alkyl halides is 1. The molecule has 0 aromatic rings. The Kier molecular flexibility index (Phi) is 5.44. The van der Waals surface area contributed by atoms with Crippen LogP contribution < -0.4 is 0 Å². The molecule has 0 bridgehead atoms. The first-order valence-electron chi connectivity index (χ1n) is 6.45. The van der Waals surface area contributed by atoms with Crippen LogP contribution in [0.1, 0.15) is 53.4 Å². The molecule has 17 heavy (non-hydrogen) atoms. The summed E-state index contributed by atoms with van der Waals surface area (Å²) >= 11 is 3.42. The topological polar surface area (TPSA) is 32.4 Å². The van der Waals surface area contributed by atoms with Gasteiger partial charge in [-0.2, -0.15) is 0 Å². The highest BCUT2D eigenvalue weighted by Crippen LogP contribution is 2.38. The van der Waals surface area contributed by atoms with E-state index in [-0.39, 0.29) is 17.2 Å². The maximum absolute atomic E-state index is 12.1. The lowest BCUT2D eigenvalue weighted by Crippen LogP contribution is -2.59. The molecule has 0 amide bonds. The van der Waals surface area contributed by atoms with Crippen molar-refractivity contribution in [1.82, 2.24) is 5.06 Å². The molecule has 1 saturated heterocycles. The Hall–Kier alpha value is 0.360. The summed E-state index contributed by atoms with van der Waals surface area (Å²) < 4.78 is 5.92. The smallest absolute Gasteiger partial charge is 0.0611 e. The van der Waals surface area contributed by atoms with Crippen LogP contribution in [0.4, 0.5) is 0 Å². The van der Waals surface area contributed by atoms with Crippen molar-refractivity contribution < 1.29 is 9.94 Å². The van der Waals surface area contributed by atoms with Gasteiger partial charge in [-0.05, 0) is 53.4 Å². The lowest BCUT2D eigenvalue weighted by Gasteiger charge is -2.49. The summed E-state index contributed by atoms with van der Waals surface area (Å²) in [6.45, 7) is 8.85. The summed E-state index contributed by atoms with van der Waals surface area (Å²) in [6, 6.07) is 0. The van der Waals surface area contributed by atoms with Gasteiger partial charge in [-0.1, -0.05) is 15.9 Å². The third-order valence-electron chi connectivity index (χ3n) is 3.44.